The average Bonchev–Trinajstić information content (AvgIpc) is 3.06. The largest absolute Gasteiger partial charge is 0.494 e. The van der Waals surface area contributed by atoms with Crippen molar-refractivity contribution in [3.8, 4) is 33.8 Å². The highest BCUT2D eigenvalue weighted by Gasteiger charge is 2.13. The first-order valence-electron chi connectivity index (χ1n) is 16.3. The van der Waals surface area contributed by atoms with Gasteiger partial charge in [-0.15, -0.1) is 0 Å². The molecule has 0 aliphatic rings. The van der Waals surface area contributed by atoms with E-state index in [-0.39, 0.29) is 24.5 Å². The van der Waals surface area contributed by atoms with Crippen LogP contribution in [0.4, 0.5) is 10.1 Å². The van der Waals surface area contributed by atoms with Gasteiger partial charge in [-0.05, 0) is 114 Å². The summed E-state index contributed by atoms with van der Waals surface area (Å²) in [6.07, 6.45) is 5.25. The second-order valence-corrected chi connectivity index (χ2v) is 12.4. The number of hydrogen-bond acceptors (Lipinski definition) is 5. The van der Waals surface area contributed by atoms with Gasteiger partial charge in [-0.1, -0.05) is 54.8 Å². The molecule has 0 radical (unpaired) electrons. The number of halogens is 2. The van der Waals surface area contributed by atoms with Crippen LogP contribution < -0.4 is 14.4 Å². The Morgan fingerprint density at radius 3 is 2.06 bits per heavy atom. The zero-order valence-corrected chi connectivity index (χ0v) is 28.3. The molecule has 254 valence electrons. The first-order chi connectivity index (χ1) is 23.1. The Kier molecular flexibility index (Phi) is 13.7. The molecule has 0 aromatic heterocycles. The van der Waals surface area contributed by atoms with Gasteiger partial charge >= 0.3 is 11.9 Å². The van der Waals surface area contributed by atoms with Crippen molar-refractivity contribution >= 4 is 29.2 Å². The molecule has 0 bridgehead atoms. The van der Waals surface area contributed by atoms with E-state index in [2.05, 4.69) is 24.3 Å². The number of anilines is 1. The van der Waals surface area contributed by atoms with Crippen LogP contribution in [0.15, 0.2) is 78.9 Å². The topological polar surface area (TPSA) is 96.3 Å². The van der Waals surface area contributed by atoms with Crippen LogP contribution in [-0.4, -0.2) is 49.5 Å². The maximum Gasteiger partial charge on any atom is 0.303 e. The molecule has 4 aromatic rings. The minimum absolute atomic E-state index is 0.00287. The summed E-state index contributed by atoms with van der Waals surface area (Å²) in [5, 5.41) is 18.2. The monoisotopic (exact) mass is 675 g/mol. The van der Waals surface area contributed by atoms with Crippen molar-refractivity contribution < 1.29 is 33.7 Å². The van der Waals surface area contributed by atoms with E-state index in [1.54, 1.807) is 12.1 Å². The van der Waals surface area contributed by atoms with E-state index in [9.17, 15) is 19.1 Å². The van der Waals surface area contributed by atoms with Crippen LogP contribution in [0.3, 0.4) is 0 Å². The molecule has 0 unspecified atom stereocenters. The van der Waals surface area contributed by atoms with Crippen LogP contribution in [0.5, 0.6) is 11.5 Å². The molecule has 0 heterocycles. The summed E-state index contributed by atoms with van der Waals surface area (Å²) in [6, 6.07) is 24.8. The Morgan fingerprint density at radius 2 is 1.38 bits per heavy atom. The van der Waals surface area contributed by atoms with Crippen molar-refractivity contribution in [1.29, 1.82) is 0 Å². The van der Waals surface area contributed by atoms with Gasteiger partial charge in [0.05, 0.1) is 18.2 Å². The molecule has 0 atom stereocenters. The number of carbonyl (C=O) groups is 2. The van der Waals surface area contributed by atoms with E-state index < -0.39 is 17.8 Å². The summed E-state index contributed by atoms with van der Waals surface area (Å²) >= 11 is 5.95. The first kappa shape index (κ1) is 36.3. The molecule has 7 nitrogen and oxygen atoms in total. The van der Waals surface area contributed by atoms with Crippen molar-refractivity contribution in [3.63, 3.8) is 0 Å². The summed E-state index contributed by atoms with van der Waals surface area (Å²) in [4.78, 5) is 24.2. The molecule has 0 spiro atoms. The van der Waals surface area contributed by atoms with Gasteiger partial charge in [0.15, 0.2) is 0 Å². The van der Waals surface area contributed by atoms with Gasteiger partial charge in [-0.3, -0.25) is 9.59 Å². The van der Waals surface area contributed by atoms with E-state index in [4.69, 9.17) is 26.2 Å². The van der Waals surface area contributed by atoms with Gasteiger partial charge in [0.1, 0.15) is 17.3 Å². The van der Waals surface area contributed by atoms with E-state index in [0.717, 1.165) is 65.6 Å². The predicted molar refractivity (Wildman–Crippen MR) is 189 cm³/mol. The number of unbranched alkanes of at least 4 members (excludes halogenated alkanes) is 3. The standard InChI is InChI=1S/C39H43ClFNO6/c1-42(2)32-16-13-27(14-17-32)30-23-31(29-15-19-35(40)36(41)26-29)25-33(24-30)47-21-6-4-3-5-9-28-10-7-11-37(34(28)18-20-39(45)46)48-22-8-12-38(43)44/h7,10-11,13-17,19,23-26H,3-6,8-9,12,18,20-22H2,1-2H3,(H,43,44)(H,45,46). The maximum absolute atomic E-state index is 14.4. The molecular weight excluding hydrogens is 633 g/mol. The van der Waals surface area contributed by atoms with Gasteiger partial charge in [0.25, 0.3) is 0 Å². The fourth-order valence-electron chi connectivity index (χ4n) is 5.51. The van der Waals surface area contributed by atoms with E-state index in [1.165, 1.54) is 6.07 Å². The highest BCUT2D eigenvalue weighted by atomic mass is 35.5. The summed E-state index contributed by atoms with van der Waals surface area (Å²) in [5.74, 6) is -0.882. The fraction of sp³-hybridized carbons (Fsp3) is 0.333. The van der Waals surface area contributed by atoms with Crippen molar-refractivity contribution in [1.82, 2.24) is 0 Å². The lowest BCUT2D eigenvalue weighted by molar-refractivity contribution is -0.138. The van der Waals surface area contributed by atoms with E-state index in [1.807, 2.05) is 55.4 Å². The molecule has 0 saturated heterocycles. The van der Waals surface area contributed by atoms with Crippen molar-refractivity contribution in [2.24, 2.45) is 0 Å². The number of aryl methyl sites for hydroxylation is 1. The van der Waals surface area contributed by atoms with Crippen LogP contribution in [0.25, 0.3) is 22.3 Å². The fourth-order valence-corrected chi connectivity index (χ4v) is 5.62. The SMILES string of the molecule is CN(C)c1ccc(-c2cc(OCCCCCCc3cccc(OCCCC(=O)O)c3CCC(=O)O)cc(-c3ccc(Cl)c(F)c3)c2)cc1. The Morgan fingerprint density at radius 1 is 0.708 bits per heavy atom. The number of carboxylic acids is 2. The Labute approximate surface area is 286 Å². The predicted octanol–water partition coefficient (Wildman–Crippen LogP) is 9.32. The molecule has 9 heteroatoms. The smallest absolute Gasteiger partial charge is 0.303 e. The Bertz CT molecular complexity index is 1670. The molecule has 48 heavy (non-hydrogen) atoms. The van der Waals surface area contributed by atoms with Gasteiger partial charge in [0, 0.05) is 32.6 Å². The summed E-state index contributed by atoms with van der Waals surface area (Å²) in [7, 11) is 4.00. The summed E-state index contributed by atoms with van der Waals surface area (Å²) in [6.45, 7) is 0.792. The van der Waals surface area contributed by atoms with Crippen molar-refractivity contribution in [2.75, 3.05) is 32.2 Å². The average molecular weight is 676 g/mol. The molecule has 0 amide bonds. The Balaban J connectivity index is 1.36. The molecule has 0 fully saturated rings. The van der Waals surface area contributed by atoms with Crippen LogP contribution in [0.2, 0.25) is 5.02 Å². The van der Waals surface area contributed by atoms with Gasteiger partial charge in [-0.25, -0.2) is 4.39 Å². The molecule has 0 aliphatic heterocycles. The van der Waals surface area contributed by atoms with E-state index >= 15 is 0 Å². The molecule has 4 rings (SSSR count). The second kappa shape index (κ2) is 18.1. The number of benzene rings is 4. The minimum Gasteiger partial charge on any atom is -0.494 e. The lowest BCUT2D eigenvalue weighted by Crippen LogP contribution is -2.07. The zero-order valence-electron chi connectivity index (χ0n) is 27.5. The highest BCUT2D eigenvalue weighted by molar-refractivity contribution is 6.30. The number of nitrogens with zero attached hydrogens (tertiary/aromatic N) is 1. The quantitative estimate of drug-likeness (QED) is 0.0956. The third-order valence-corrected chi connectivity index (χ3v) is 8.40. The summed E-state index contributed by atoms with van der Waals surface area (Å²) < 4.78 is 26.4. The number of aliphatic carboxylic acids is 2. The van der Waals surface area contributed by atoms with Crippen LogP contribution in [-0.2, 0) is 22.4 Å². The van der Waals surface area contributed by atoms with Crippen molar-refractivity contribution in [2.45, 2.75) is 57.8 Å². The Hall–Kier alpha value is -4.56. The number of carboxylic acid groups (broad SMARTS) is 2. The third kappa shape index (κ3) is 11.0. The van der Waals surface area contributed by atoms with Gasteiger partial charge in [-0.2, -0.15) is 0 Å². The lowest BCUT2D eigenvalue weighted by atomic mass is 9.97. The normalized spacial score (nSPS) is 10.9. The first-order valence-corrected chi connectivity index (χ1v) is 16.7. The van der Waals surface area contributed by atoms with Crippen LogP contribution in [0, 0.1) is 5.82 Å². The molecule has 2 N–H and O–H groups in total. The molecule has 0 saturated carbocycles. The summed E-state index contributed by atoms with van der Waals surface area (Å²) in [5.41, 5.74) is 6.58. The maximum atomic E-state index is 14.4. The van der Waals surface area contributed by atoms with Crippen LogP contribution >= 0.6 is 11.6 Å². The lowest BCUT2D eigenvalue weighted by Gasteiger charge is -2.15. The van der Waals surface area contributed by atoms with Gasteiger partial charge in [0.2, 0.25) is 0 Å². The number of hydrogen-bond donors (Lipinski definition) is 2. The third-order valence-electron chi connectivity index (χ3n) is 8.10. The molecular formula is C39H43ClFNO6. The highest BCUT2D eigenvalue weighted by Crippen LogP contribution is 2.34. The van der Waals surface area contributed by atoms with Gasteiger partial charge < -0.3 is 24.6 Å². The second-order valence-electron chi connectivity index (χ2n) is 12.0. The minimum atomic E-state index is -0.873. The molecule has 4 aromatic carbocycles. The van der Waals surface area contributed by atoms with E-state index in [0.29, 0.717) is 36.5 Å². The van der Waals surface area contributed by atoms with Crippen LogP contribution in [0.1, 0.15) is 56.1 Å². The number of rotatable bonds is 19. The zero-order chi connectivity index (χ0) is 34.5. The molecule has 0 aliphatic carbocycles. The van der Waals surface area contributed by atoms with Crippen molar-refractivity contribution in [3.05, 3.63) is 101 Å². The number of ether oxygens (including phenoxy) is 2.